The number of rotatable bonds is 2. The molecule has 1 aromatic carbocycles. The van der Waals surface area contributed by atoms with E-state index in [1.54, 1.807) is 6.92 Å². The number of carboxylic acid groups (broad SMARTS) is 1. The smallest absolute Gasteiger partial charge is 0.405 e. The monoisotopic (exact) mass is 290 g/mol. The van der Waals surface area contributed by atoms with E-state index in [0.717, 1.165) is 11.3 Å². The van der Waals surface area contributed by atoms with Crippen LogP contribution in [0.15, 0.2) is 24.3 Å². The van der Waals surface area contributed by atoms with Crippen molar-refractivity contribution in [2.45, 2.75) is 39.8 Å². The summed E-state index contributed by atoms with van der Waals surface area (Å²) >= 11 is 0. The number of anilines is 1. The minimum absolute atomic E-state index is 0.0000926. The predicted octanol–water partition coefficient (Wildman–Crippen LogP) is 3.02. The van der Waals surface area contributed by atoms with E-state index in [4.69, 9.17) is 5.11 Å². The average molecular weight is 290 g/mol. The minimum atomic E-state index is -1.04. The maximum Gasteiger partial charge on any atom is 0.405 e. The van der Waals surface area contributed by atoms with Crippen LogP contribution >= 0.6 is 0 Å². The van der Waals surface area contributed by atoms with Gasteiger partial charge in [-0.25, -0.2) is 4.79 Å². The van der Waals surface area contributed by atoms with Crippen molar-refractivity contribution in [3.63, 3.8) is 0 Å². The number of carbonyl (C=O) groups excluding carboxylic acids is 1. The zero-order chi connectivity index (χ0) is 15.7. The molecule has 2 amide bonds. The fraction of sp³-hybridized carbons (Fsp3) is 0.500. The maximum absolute atomic E-state index is 12.1. The summed E-state index contributed by atoms with van der Waals surface area (Å²) in [7, 11) is 0. The van der Waals surface area contributed by atoms with Gasteiger partial charge in [-0.1, -0.05) is 39.0 Å². The van der Waals surface area contributed by atoms with Crippen LogP contribution in [0.1, 0.15) is 39.3 Å². The molecule has 0 bridgehead atoms. The zero-order valence-corrected chi connectivity index (χ0v) is 12.8. The van der Waals surface area contributed by atoms with Crippen molar-refractivity contribution in [1.29, 1.82) is 0 Å². The highest BCUT2D eigenvalue weighted by molar-refractivity contribution is 5.94. The molecule has 1 aliphatic rings. The second-order valence-electron chi connectivity index (χ2n) is 5.97. The summed E-state index contributed by atoms with van der Waals surface area (Å²) in [4.78, 5) is 25.1. The molecule has 0 saturated heterocycles. The van der Waals surface area contributed by atoms with Gasteiger partial charge in [-0.3, -0.25) is 4.79 Å². The molecule has 114 valence electrons. The molecule has 5 heteroatoms. The van der Waals surface area contributed by atoms with E-state index >= 15 is 0 Å². The van der Waals surface area contributed by atoms with Crippen LogP contribution in [0.3, 0.4) is 0 Å². The molecule has 2 rings (SSSR count). The first kappa shape index (κ1) is 15.4. The number of hydrogen-bond acceptors (Lipinski definition) is 2. The Morgan fingerprint density at radius 2 is 1.90 bits per heavy atom. The Morgan fingerprint density at radius 3 is 2.43 bits per heavy atom. The van der Waals surface area contributed by atoms with Crippen LogP contribution < -0.4 is 10.2 Å². The van der Waals surface area contributed by atoms with E-state index in [-0.39, 0.29) is 29.8 Å². The van der Waals surface area contributed by atoms with Crippen molar-refractivity contribution < 1.29 is 14.7 Å². The zero-order valence-electron chi connectivity index (χ0n) is 12.8. The summed E-state index contributed by atoms with van der Waals surface area (Å²) in [5.74, 6) is 0.219. The topological polar surface area (TPSA) is 69.6 Å². The first-order valence-electron chi connectivity index (χ1n) is 7.22. The molecule has 0 unspecified atom stereocenters. The van der Waals surface area contributed by atoms with E-state index in [0.29, 0.717) is 0 Å². The second kappa shape index (κ2) is 5.76. The van der Waals surface area contributed by atoms with Crippen molar-refractivity contribution in [1.82, 2.24) is 5.32 Å². The number of hydrogen-bond donors (Lipinski definition) is 2. The SMILES string of the molecule is CC(=O)N1c2ccccc2[C@H](NC(=O)O)[C@@H](C)[C@@H]1C(C)C. The average Bonchev–Trinajstić information content (AvgIpc) is 2.40. The molecule has 0 aliphatic carbocycles. The highest BCUT2D eigenvalue weighted by Gasteiger charge is 2.42. The molecule has 0 saturated carbocycles. The highest BCUT2D eigenvalue weighted by Crippen LogP contribution is 2.42. The molecule has 0 aromatic heterocycles. The Labute approximate surface area is 125 Å². The number of nitrogens with one attached hydrogen (secondary N) is 1. The molecule has 0 fully saturated rings. The number of para-hydroxylation sites is 1. The standard InChI is InChI=1S/C16H22N2O3/c1-9(2)15-10(3)14(17-16(20)21)12-7-5-6-8-13(12)18(15)11(4)19/h5-10,14-15,17H,1-4H3,(H,20,21)/t10-,14-,15+/m1/s1. The summed E-state index contributed by atoms with van der Waals surface area (Å²) in [6.07, 6.45) is -1.04. The molecular weight excluding hydrogens is 268 g/mol. The van der Waals surface area contributed by atoms with Gasteiger partial charge in [0.1, 0.15) is 0 Å². The number of fused-ring (bicyclic) bond motifs is 1. The van der Waals surface area contributed by atoms with Crippen LogP contribution in [0.25, 0.3) is 0 Å². The summed E-state index contributed by atoms with van der Waals surface area (Å²) in [5.41, 5.74) is 1.67. The van der Waals surface area contributed by atoms with Crippen LogP contribution in [-0.4, -0.2) is 23.1 Å². The Bertz CT molecular complexity index is 556. The third-order valence-electron chi connectivity index (χ3n) is 4.20. The third kappa shape index (κ3) is 2.73. The molecule has 0 spiro atoms. The Morgan fingerprint density at radius 1 is 1.29 bits per heavy atom. The maximum atomic E-state index is 12.1. The summed E-state index contributed by atoms with van der Waals surface area (Å²) < 4.78 is 0. The lowest BCUT2D eigenvalue weighted by Crippen LogP contribution is -2.54. The van der Waals surface area contributed by atoms with E-state index in [1.165, 1.54) is 0 Å². The van der Waals surface area contributed by atoms with Crippen LogP contribution in [0, 0.1) is 11.8 Å². The van der Waals surface area contributed by atoms with Crippen LogP contribution in [-0.2, 0) is 4.79 Å². The molecule has 1 aliphatic heterocycles. The van der Waals surface area contributed by atoms with Crippen LogP contribution in [0.4, 0.5) is 10.5 Å². The van der Waals surface area contributed by atoms with Gasteiger partial charge in [0.15, 0.2) is 0 Å². The Hall–Kier alpha value is -2.04. The highest BCUT2D eigenvalue weighted by atomic mass is 16.4. The number of amides is 2. The van der Waals surface area contributed by atoms with E-state index in [2.05, 4.69) is 19.2 Å². The minimum Gasteiger partial charge on any atom is -0.465 e. The van der Waals surface area contributed by atoms with Crippen molar-refractivity contribution in [2.24, 2.45) is 11.8 Å². The van der Waals surface area contributed by atoms with Gasteiger partial charge in [0, 0.05) is 24.6 Å². The van der Waals surface area contributed by atoms with Gasteiger partial charge in [-0.2, -0.15) is 0 Å². The molecule has 21 heavy (non-hydrogen) atoms. The lowest BCUT2D eigenvalue weighted by atomic mass is 9.77. The van der Waals surface area contributed by atoms with Gasteiger partial charge in [0.05, 0.1) is 6.04 Å². The van der Waals surface area contributed by atoms with Crippen LogP contribution in [0.2, 0.25) is 0 Å². The number of benzene rings is 1. The lowest BCUT2D eigenvalue weighted by Gasteiger charge is -2.46. The Kier molecular flexibility index (Phi) is 4.21. The molecule has 5 nitrogen and oxygen atoms in total. The second-order valence-corrected chi connectivity index (χ2v) is 5.97. The van der Waals surface area contributed by atoms with E-state index in [9.17, 15) is 9.59 Å². The fourth-order valence-corrected chi connectivity index (χ4v) is 3.47. The molecule has 1 heterocycles. The van der Waals surface area contributed by atoms with Gasteiger partial charge in [-0.15, -0.1) is 0 Å². The quantitative estimate of drug-likeness (QED) is 0.879. The lowest BCUT2D eigenvalue weighted by molar-refractivity contribution is -0.117. The molecular formula is C16H22N2O3. The van der Waals surface area contributed by atoms with Gasteiger partial charge in [-0.05, 0) is 17.5 Å². The largest absolute Gasteiger partial charge is 0.465 e. The molecule has 0 radical (unpaired) electrons. The third-order valence-corrected chi connectivity index (χ3v) is 4.20. The van der Waals surface area contributed by atoms with Crippen molar-refractivity contribution >= 4 is 17.7 Å². The first-order valence-corrected chi connectivity index (χ1v) is 7.22. The summed E-state index contributed by atoms with van der Waals surface area (Å²) in [6, 6.07) is 7.18. The van der Waals surface area contributed by atoms with Gasteiger partial charge >= 0.3 is 6.09 Å². The summed E-state index contributed by atoms with van der Waals surface area (Å²) in [5, 5.41) is 11.7. The van der Waals surface area contributed by atoms with E-state index in [1.807, 2.05) is 36.1 Å². The molecule has 3 atom stereocenters. The van der Waals surface area contributed by atoms with Crippen molar-refractivity contribution in [3.05, 3.63) is 29.8 Å². The fourth-order valence-electron chi connectivity index (χ4n) is 3.47. The van der Waals surface area contributed by atoms with Gasteiger partial charge in [0.2, 0.25) is 5.91 Å². The molecule has 2 N–H and O–H groups in total. The van der Waals surface area contributed by atoms with Crippen molar-refractivity contribution in [2.75, 3.05) is 4.90 Å². The number of nitrogens with zero attached hydrogens (tertiary/aromatic N) is 1. The van der Waals surface area contributed by atoms with Gasteiger partial charge in [0.25, 0.3) is 0 Å². The summed E-state index contributed by atoms with van der Waals surface area (Å²) in [6.45, 7) is 7.67. The van der Waals surface area contributed by atoms with Gasteiger partial charge < -0.3 is 15.3 Å². The first-order chi connectivity index (χ1) is 9.84. The Balaban J connectivity index is 2.58. The predicted molar refractivity (Wildman–Crippen MR) is 81.3 cm³/mol. The molecule has 1 aromatic rings. The van der Waals surface area contributed by atoms with E-state index < -0.39 is 6.09 Å². The number of carbonyl (C=O) groups is 2. The van der Waals surface area contributed by atoms with Crippen molar-refractivity contribution in [3.8, 4) is 0 Å². The normalized spacial score (nSPS) is 24.6. The van der Waals surface area contributed by atoms with Crippen LogP contribution in [0.5, 0.6) is 0 Å².